The second-order valence-electron chi connectivity index (χ2n) is 4.73. The average molecular weight is 249 g/mol. The highest BCUT2D eigenvalue weighted by Gasteiger charge is 2.34. The molecule has 0 heterocycles. The Bertz CT molecular complexity index is 444. The summed E-state index contributed by atoms with van der Waals surface area (Å²) >= 11 is 6.49. The molecule has 0 fully saturated rings. The molecule has 0 radical (unpaired) electrons. The van der Waals surface area contributed by atoms with Crippen LogP contribution in [-0.2, 0) is 4.87 Å². The molecule has 2 rings (SSSR count). The van der Waals surface area contributed by atoms with Crippen LogP contribution in [0.5, 0.6) is 0 Å². The number of aliphatic hydroxyl groups excluding tert-OH is 1. The van der Waals surface area contributed by atoms with Gasteiger partial charge in [0.1, 0.15) is 4.87 Å². The van der Waals surface area contributed by atoms with E-state index in [-0.39, 0.29) is 0 Å². The summed E-state index contributed by atoms with van der Waals surface area (Å²) in [7, 11) is 0. The van der Waals surface area contributed by atoms with Gasteiger partial charge in [0.2, 0.25) is 0 Å². The van der Waals surface area contributed by atoms with Crippen molar-refractivity contribution in [3.63, 3.8) is 0 Å². The zero-order valence-corrected chi connectivity index (χ0v) is 10.9. The average Bonchev–Trinajstić information content (AvgIpc) is 2.33. The topological polar surface area (TPSA) is 20.2 Å². The van der Waals surface area contributed by atoms with E-state index >= 15 is 0 Å². The summed E-state index contributed by atoms with van der Waals surface area (Å²) in [4.78, 5) is -0.829. The van der Waals surface area contributed by atoms with Crippen LogP contribution >= 0.6 is 11.6 Å². The lowest BCUT2D eigenvalue weighted by Crippen LogP contribution is -2.32. The number of benzene rings is 1. The first kappa shape index (κ1) is 12.4. The van der Waals surface area contributed by atoms with Gasteiger partial charge >= 0.3 is 0 Å². The first-order chi connectivity index (χ1) is 8.04. The number of halogens is 1. The van der Waals surface area contributed by atoms with Gasteiger partial charge in [0.25, 0.3) is 0 Å². The molecule has 0 spiro atoms. The fraction of sp³-hybridized carbons (Fsp3) is 0.333. The zero-order valence-electron chi connectivity index (χ0n) is 10.1. The molecular formula is C15H17ClO. The number of allylic oxidation sites excluding steroid dienone is 2. The van der Waals surface area contributed by atoms with Gasteiger partial charge in [-0.05, 0) is 17.0 Å². The van der Waals surface area contributed by atoms with Crippen molar-refractivity contribution in [1.29, 1.82) is 0 Å². The van der Waals surface area contributed by atoms with E-state index in [1.165, 1.54) is 5.56 Å². The predicted molar refractivity (Wildman–Crippen MR) is 72.3 cm³/mol. The van der Waals surface area contributed by atoms with Crippen molar-refractivity contribution in [2.24, 2.45) is 0 Å². The van der Waals surface area contributed by atoms with E-state index in [0.29, 0.717) is 5.92 Å². The highest BCUT2D eigenvalue weighted by molar-refractivity contribution is 6.26. The first-order valence-corrected chi connectivity index (χ1v) is 6.25. The number of rotatable bonds is 2. The van der Waals surface area contributed by atoms with Crippen LogP contribution in [-0.4, -0.2) is 11.2 Å². The first-order valence-electron chi connectivity index (χ1n) is 5.87. The maximum Gasteiger partial charge on any atom is 0.117 e. The van der Waals surface area contributed by atoms with Crippen LogP contribution in [0.2, 0.25) is 0 Å². The third-order valence-electron chi connectivity index (χ3n) is 3.19. The van der Waals surface area contributed by atoms with Crippen LogP contribution < -0.4 is 0 Å². The minimum atomic E-state index is -0.829. The van der Waals surface area contributed by atoms with Crippen LogP contribution in [0.4, 0.5) is 0 Å². The summed E-state index contributed by atoms with van der Waals surface area (Å²) in [6.45, 7) is 4.31. The van der Waals surface area contributed by atoms with Crippen molar-refractivity contribution in [3.05, 3.63) is 59.7 Å². The number of hydrogen-bond donors (Lipinski definition) is 1. The minimum Gasteiger partial charge on any atom is -0.386 e. The Morgan fingerprint density at radius 3 is 2.35 bits per heavy atom. The highest BCUT2D eigenvalue weighted by Crippen LogP contribution is 2.37. The van der Waals surface area contributed by atoms with Crippen LogP contribution in [0.15, 0.2) is 48.6 Å². The minimum absolute atomic E-state index is 0.502. The largest absolute Gasteiger partial charge is 0.386 e. The summed E-state index contributed by atoms with van der Waals surface area (Å²) in [5, 5.41) is 9.99. The van der Waals surface area contributed by atoms with E-state index in [2.05, 4.69) is 26.0 Å². The molecule has 0 saturated carbocycles. The molecule has 90 valence electrons. The van der Waals surface area contributed by atoms with E-state index in [9.17, 15) is 5.11 Å². The van der Waals surface area contributed by atoms with Gasteiger partial charge in [-0.2, -0.15) is 0 Å². The van der Waals surface area contributed by atoms with Crippen molar-refractivity contribution in [1.82, 2.24) is 0 Å². The van der Waals surface area contributed by atoms with Crippen molar-refractivity contribution >= 4 is 11.6 Å². The van der Waals surface area contributed by atoms with Gasteiger partial charge in [0, 0.05) is 0 Å². The maximum atomic E-state index is 9.99. The lowest BCUT2D eigenvalue weighted by molar-refractivity contribution is 0.189. The molecule has 0 bridgehead atoms. The molecular weight excluding hydrogens is 232 g/mol. The fourth-order valence-corrected chi connectivity index (χ4v) is 2.27. The molecule has 0 saturated heterocycles. The zero-order chi connectivity index (χ0) is 12.5. The Hall–Kier alpha value is -1.05. The highest BCUT2D eigenvalue weighted by atomic mass is 35.5. The lowest BCUT2D eigenvalue weighted by atomic mass is 9.88. The Kier molecular flexibility index (Phi) is 3.41. The van der Waals surface area contributed by atoms with Gasteiger partial charge in [0.05, 0.1) is 6.10 Å². The van der Waals surface area contributed by atoms with E-state index in [4.69, 9.17) is 11.6 Å². The quantitative estimate of drug-likeness (QED) is 0.791. The summed E-state index contributed by atoms with van der Waals surface area (Å²) in [6, 6.07) is 8.14. The molecule has 2 unspecified atom stereocenters. The standard InChI is InChI=1S/C15H17ClO/c1-11(2)12-6-8-13(9-7-12)15(16)10-4-3-5-14(15)17/h3-11,14,17H,1-2H3. The van der Waals surface area contributed by atoms with Gasteiger partial charge < -0.3 is 5.11 Å². The van der Waals surface area contributed by atoms with E-state index in [0.717, 1.165) is 5.56 Å². The van der Waals surface area contributed by atoms with Gasteiger partial charge in [-0.15, -0.1) is 11.6 Å². The van der Waals surface area contributed by atoms with Crippen molar-refractivity contribution in [3.8, 4) is 0 Å². The SMILES string of the molecule is CC(C)c1ccc(C2(Cl)C=CC=CC2O)cc1. The molecule has 2 atom stereocenters. The monoisotopic (exact) mass is 248 g/mol. The Morgan fingerprint density at radius 1 is 1.18 bits per heavy atom. The number of alkyl halides is 1. The third kappa shape index (κ3) is 2.31. The molecule has 0 aliphatic heterocycles. The molecule has 1 aliphatic rings. The molecule has 2 heteroatoms. The van der Waals surface area contributed by atoms with Gasteiger partial charge in [-0.1, -0.05) is 62.4 Å². The molecule has 1 aromatic rings. The molecule has 0 amide bonds. The second-order valence-corrected chi connectivity index (χ2v) is 5.36. The Labute approximate surface area is 107 Å². The van der Waals surface area contributed by atoms with Gasteiger partial charge in [0.15, 0.2) is 0 Å². The normalized spacial score (nSPS) is 27.7. The summed E-state index contributed by atoms with van der Waals surface area (Å²) in [5.74, 6) is 0.502. The summed E-state index contributed by atoms with van der Waals surface area (Å²) < 4.78 is 0. The molecule has 0 aromatic heterocycles. The Morgan fingerprint density at radius 2 is 1.82 bits per heavy atom. The van der Waals surface area contributed by atoms with Crippen LogP contribution in [0.25, 0.3) is 0 Å². The second kappa shape index (κ2) is 4.67. The third-order valence-corrected chi connectivity index (χ3v) is 3.76. The van der Waals surface area contributed by atoms with E-state index in [1.54, 1.807) is 6.08 Å². The van der Waals surface area contributed by atoms with Crippen LogP contribution in [0.3, 0.4) is 0 Å². The van der Waals surface area contributed by atoms with Crippen molar-refractivity contribution in [2.45, 2.75) is 30.7 Å². The molecule has 17 heavy (non-hydrogen) atoms. The van der Waals surface area contributed by atoms with Crippen LogP contribution in [0, 0.1) is 0 Å². The predicted octanol–water partition coefficient (Wildman–Crippen LogP) is 3.73. The maximum absolute atomic E-state index is 9.99. The lowest BCUT2D eigenvalue weighted by Gasteiger charge is -2.29. The molecule has 1 nitrogen and oxygen atoms in total. The van der Waals surface area contributed by atoms with E-state index in [1.807, 2.05) is 30.4 Å². The smallest absolute Gasteiger partial charge is 0.117 e. The van der Waals surface area contributed by atoms with Crippen molar-refractivity contribution < 1.29 is 5.11 Å². The van der Waals surface area contributed by atoms with Crippen molar-refractivity contribution in [2.75, 3.05) is 0 Å². The fourth-order valence-electron chi connectivity index (χ4n) is 1.99. The van der Waals surface area contributed by atoms with Gasteiger partial charge in [-0.3, -0.25) is 0 Å². The summed E-state index contributed by atoms with van der Waals surface area (Å²) in [6.07, 6.45) is 6.55. The van der Waals surface area contributed by atoms with Crippen LogP contribution in [0.1, 0.15) is 30.9 Å². The molecule has 1 N–H and O–H groups in total. The molecule has 1 aliphatic carbocycles. The van der Waals surface area contributed by atoms with Gasteiger partial charge in [-0.25, -0.2) is 0 Å². The summed E-state index contributed by atoms with van der Waals surface area (Å²) in [5.41, 5.74) is 2.20. The Balaban J connectivity index is 2.34. The molecule has 1 aromatic carbocycles. The van der Waals surface area contributed by atoms with E-state index < -0.39 is 11.0 Å². The number of aliphatic hydroxyl groups is 1. The number of hydrogen-bond acceptors (Lipinski definition) is 1.